The number of benzene rings is 1. The fourth-order valence-corrected chi connectivity index (χ4v) is 2.96. The second-order valence-corrected chi connectivity index (χ2v) is 6.02. The van der Waals surface area contributed by atoms with Gasteiger partial charge in [-0.1, -0.05) is 42.5 Å². The van der Waals surface area contributed by atoms with Gasteiger partial charge in [-0.25, -0.2) is 0 Å². The minimum atomic E-state index is -0.0873. The third-order valence-corrected chi connectivity index (χ3v) is 4.25. The Kier molecular flexibility index (Phi) is 4.73. The van der Waals surface area contributed by atoms with Crippen molar-refractivity contribution in [2.24, 2.45) is 0 Å². The van der Waals surface area contributed by atoms with E-state index in [9.17, 15) is 4.79 Å². The summed E-state index contributed by atoms with van der Waals surface area (Å²) in [6, 6.07) is 11.8. The Hall–Kier alpha value is -2.60. The van der Waals surface area contributed by atoms with E-state index in [0.717, 1.165) is 22.6 Å². The van der Waals surface area contributed by atoms with Crippen molar-refractivity contribution < 1.29 is 4.79 Å². The average Bonchev–Trinajstić information content (AvgIpc) is 3.04. The Morgan fingerprint density at radius 2 is 1.91 bits per heavy atom. The molecule has 1 amide bonds. The Morgan fingerprint density at radius 3 is 2.70 bits per heavy atom. The van der Waals surface area contributed by atoms with Crippen LogP contribution in [0.1, 0.15) is 18.1 Å². The molecule has 0 unspecified atom stereocenters. The standard InChI is InChI=1S/C17H16N4OS/c1-2-12-4-3-5-13(10-12)11-15(22)19-17-21-20-16(23-17)14-6-8-18-9-7-14/h3-10H,2,11H2,1H3,(H,19,21,22). The Bertz CT molecular complexity index is 801. The van der Waals surface area contributed by atoms with Gasteiger partial charge in [0.15, 0.2) is 0 Å². The number of anilines is 1. The number of rotatable bonds is 5. The first-order valence-corrected chi connectivity index (χ1v) is 8.18. The molecule has 3 aromatic rings. The molecule has 2 aromatic heterocycles. The molecule has 0 fully saturated rings. The van der Waals surface area contributed by atoms with Gasteiger partial charge in [-0.2, -0.15) is 0 Å². The first kappa shape index (κ1) is 15.3. The van der Waals surface area contributed by atoms with Crippen LogP contribution in [0.15, 0.2) is 48.8 Å². The van der Waals surface area contributed by atoms with Crippen LogP contribution in [0.3, 0.4) is 0 Å². The maximum atomic E-state index is 12.1. The van der Waals surface area contributed by atoms with E-state index in [-0.39, 0.29) is 5.91 Å². The second kappa shape index (κ2) is 7.11. The molecule has 0 saturated heterocycles. The molecule has 23 heavy (non-hydrogen) atoms. The summed E-state index contributed by atoms with van der Waals surface area (Å²) in [6.07, 6.45) is 4.70. The van der Waals surface area contributed by atoms with E-state index in [4.69, 9.17) is 0 Å². The molecule has 0 atom stereocenters. The molecule has 0 aliphatic rings. The molecule has 0 bridgehead atoms. The van der Waals surface area contributed by atoms with Gasteiger partial charge in [-0.3, -0.25) is 9.78 Å². The third-order valence-electron chi connectivity index (χ3n) is 3.36. The van der Waals surface area contributed by atoms with Crippen molar-refractivity contribution in [2.45, 2.75) is 19.8 Å². The van der Waals surface area contributed by atoms with Crippen LogP contribution >= 0.6 is 11.3 Å². The van der Waals surface area contributed by atoms with Crippen LogP contribution in [0, 0.1) is 0 Å². The molecule has 1 aromatic carbocycles. The van der Waals surface area contributed by atoms with Crippen LogP contribution < -0.4 is 5.32 Å². The maximum Gasteiger partial charge on any atom is 0.230 e. The number of nitrogens with zero attached hydrogens (tertiary/aromatic N) is 3. The highest BCUT2D eigenvalue weighted by molar-refractivity contribution is 7.18. The fraction of sp³-hybridized carbons (Fsp3) is 0.176. The van der Waals surface area contributed by atoms with E-state index in [1.54, 1.807) is 12.4 Å². The molecule has 0 aliphatic carbocycles. The van der Waals surface area contributed by atoms with Gasteiger partial charge in [0.25, 0.3) is 0 Å². The minimum Gasteiger partial charge on any atom is -0.300 e. The highest BCUT2D eigenvalue weighted by Gasteiger charge is 2.10. The zero-order valence-electron chi connectivity index (χ0n) is 12.7. The summed E-state index contributed by atoms with van der Waals surface area (Å²) in [4.78, 5) is 16.1. The highest BCUT2D eigenvalue weighted by atomic mass is 32.1. The summed E-state index contributed by atoms with van der Waals surface area (Å²) in [5.74, 6) is -0.0873. The smallest absolute Gasteiger partial charge is 0.230 e. The van der Waals surface area contributed by atoms with Crippen LogP contribution in [0.4, 0.5) is 5.13 Å². The third kappa shape index (κ3) is 3.98. The van der Waals surface area contributed by atoms with Gasteiger partial charge < -0.3 is 5.32 Å². The van der Waals surface area contributed by atoms with Gasteiger partial charge in [0.2, 0.25) is 11.0 Å². The first-order chi connectivity index (χ1) is 11.2. The molecule has 0 aliphatic heterocycles. The molecule has 2 heterocycles. The van der Waals surface area contributed by atoms with Crippen molar-refractivity contribution in [3.63, 3.8) is 0 Å². The number of nitrogens with one attached hydrogen (secondary N) is 1. The molecule has 116 valence electrons. The van der Waals surface area contributed by atoms with Gasteiger partial charge in [-0.15, -0.1) is 10.2 Å². The molecule has 1 N–H and O–H groups in total. The topological polar surface area (TPSA) is 67.8 Å². The monoisotopic (exact) mass is 324 g/mol. The summed E-state index contributed by atoms with van der Waals surface area (Å²) in [5.41, 5.74) is 3.17. The van der Waals surface area contributed by atoms with E-state index < -0.39 is 0 Å². The summed E-state index contributed by atoms with van der Waals surface area (Å²) >= 11 is 1.35. The van der Waals surface area contributed by atoms with Crippen molar-refractivity contribution >= 4 is 22.4 Å². The van der Waals surface area contributed by atoms with Crippen molar-refractivity contribution in [2.75, 3.05) is 5.32 Å². The van der Waals surface area contributed by atoms with Crippen LogP contribution in [-0.2, 0) is 17.6 Å². The van der Waals surface area contributed by atoms with Gasteiger partial charge in [0, 0.05) is 18.0 Å². The molecule has 6 heteroatoms. The number of pyridine rings is 1. The summed E-state index contributed by atoms with van der Waals surface area (Å²) in [5, 5.41) is 12.2. The summed E-state index contributed by atoms with van der Waals surface area (Å²) < 4.78 is 0. The summed E-state index contributed by atoms with van der Waals surface area (Å²) in [6.45, 7) is 2.10. The Labute approximate surface area is 138 Å². The number of amides is 1. The first-order valence-electron chi connectivity index (χ1n) is 7.36. The lowest BCUT2D eigenvalue weighted by Crippen LogP contribution is -2.14. The number of hydrogen-bond donors (Lipinski definition) is 1. The molecular weight excluding hydrogens is 308 g/mol. The maximum absolute atomic E-state index is 12.1. The summed E-state index contributed by atoms with van der Waals surface area (Å²) in [7, 11) is 0. The average molecular weight is 324 g/mol. The molecule has 0 radical (unpaired) electrons. The van der Waals surface area contributed by atoms with Crippen molar-refractivity contribution in [1.82, 2.24) is 15.2 Å². The Morgan fingerprint density at radius 1 is 1.13 bits per heavy atom. The number of aromatic nitrogens is 3. The number of carbonyl (C=O) groups is 1. The fourth-order valence-electron chi connectivity index (χ4n) is 2.19. The van der Waals surface area contributed by atoms with E-state index in [2.05, 4.69) is 39.6 Å². The normalized spacial score (nSPS) is 10.5. The minimum absolute atomic E-state index is 0.0873. The lowest BCUT2D eigenvalue weighted by atomic mass is 10.1. The number of hydrogen-bond acceptors (Lipinski definition) is 5. The van der Waals surface area contributed by atoms with Crippen LogP contribution in [0.25, 0.3) is 10.6 Å². The van der Waals surface area contributed by atoms with Gasteiger partial charge >= 0.3 is 0 Å². The second-order valence-electron chi connectivity index (χ2n) is 5.05. The van der Waals surface area contributed by atoms with E-state index in [1.807, 2.05) is 24.3 Å². The molecule has 0 saturated carbocycles. The SMILES string of the molecule is CCc1cccc(CC(=O)Nc2nnc(-c3ccncc3)s2)c1. The van der Waals surface area contributed by atoms with Crippen molar-refractivity contribution in [3.05, 3.63) is 59.9 Å². The lowest BCUT2D eigenvalue weighted by molar-refractivity contribution is -0.115. The predicted molar refractivity (Wildman–Crippen MR) is 91.3 cm³/mol. The molecule has 0 spiro atoms. The molecular formula is C17H16N4OS. The van der Waals surface area contributed by atoms with E-state index in [0.29, 0.717) is 11.6 Å². The van der Waals surface area contributed by atoms with Crippen molar-refractivity contribution in [3.8, 4) is 10.6 Å². The zero-order chi connectivity index (χ0) is 16.1. The van der Waals surface area contributed by atoms with Crippen LogP contribution in [-0.4, -0.2) is 21.1 Å². The highest BCUT2D eigenvalue weighted by Crippen LogP contribution is 2.25. The largest absolute Gasteiger partial charge is 0.300 e. The number of carbonyl (C=O) groups excluding carboxylic acids is 1. The quantitative estimate of drug-likeness (QED) is 0.781. The number of aryl methyl sites for hydroxylation is 1. The lowest BCUT2D eigenvalue weighted by Gasteiger charge is -2.03. The Balaban J connectivity index is 1.65. The van der Waals surface area contributed by atoms with E-state index in [1.165, 1.54) is 16.9 Å². The zero-order valence-corrected chi connectivity index (χ0v) is 13.5. The van der Waals surface area contributed by atoms with Gasteiger partial charge in [-0.05, 0) is 29.7 Å². The predicted octanol–water partition coefficient (Wildman–Crippen LogP) is 3.34. The van der Waals surface area contributed by atoms with Crippen LogP contribution in [0.5, 0.6) is 0 Å². The molecule has 5 nitrogen and oxygen atoms in total. The molecule has 3 rings (SSSR count). The van der Waals surface area contributed by atoms with Gasteiger partial charge in [0.1, 0.15) is 5.01 Å². The van der Waals surface area contributed by atoms with Crippen LogP contribution in [0.2, 0.25) is 0 Å². The van der Waals surface area contributed by atoms with E-state index >= 15 is 0 Å². The van der Waals surface area contributed by atoms with Gasteiger partial charge in [0.05, 0.1) is 6.42 Å². The van der Waals surface area contributed by atoms with Crippen molar-refractivity contribution in [1.29, 1.82) is 0 Å².